The molecule has 0 saturated heterocycles. The molecule has 1 amide bonds. The van der Waals surface area contributed by atoms with E-state index >= 15 is 0 Å². The minimum absolute atomic E-state index is 0.171. The Hall–Kier alpha value is -3.62. The van der Waals surface area contributed by atoms with Crippen LogP contribution in [0.1, 0.15) is 22.8 Å². The number of carbonyl (C=O) groups is 1. The van der Waals surface area contributed by atoms with Crippen molar-refractivity contribution in [3.63, 3.8) is 0 Å². The molecule has 4 rings (SSSR count). The Morgan fingerprint density at radius 2 is 1.74 bits per heavy atom. The molecule has 174 valence electrons. The number of halogens is 3. The van der Waals surface area contributed by atoms with Crippen molar-refractivity contribution in [2.75, 3.05) is 0 Å². The minimum Gasteiger partial charge on any atom is -0.381 e. The van der Waals surface area contributed by atoms with Gasteiger partial charge in [0.2, 0.25) is 0 Å². The Bertz CT molecular complexity index is 1280. The fourth-order valence-corrected chi connectivity index (χ4v) is 3.84. The van der Waals surface area contributed by atoms with Gasteiger partial charge in [-0.3, -0.25) is 4.79 Å². The molecule has 0 saturated carbocycles. The third-order valence-corrected chi connectivity index (χ3v) is 5.91. The van der Waals surface area contributed by atoms with E-state index in [9.17, 15) is 18.7 Å². The summed E-state index contributed by atoms with van der Waals surface area (Å²) in [6.45, 7) is 1.33. The zero-order valence-electron chi connectivity index (χ0n) is 18.1. The van der Waals surface area contributed by atoms with Crippen LogP contribution in [0.15, 0.2) is 79.4 Å². The lowest BCUT2D eigenvalue weighted by atomic mass is 9.86. The highest BCUT2D eigenvalue weighted by molar-refractivity contribution is 6.30. The number of aliphatic hydroxyl groups is 1. The van der Waals surface area contributed by atoms with Crippen molar-refractivity contribution < 1.29 is 18.7 Å². The molecule has 0 spiro atoms. The van der Waals surface area contributed by atoms with Crippen molar-refractivity contribution in [2.45, 2.75) is 25.1 Å². The molecule has 34 heavy (non-hydrogen) atoms. The molecule has 2 atom stereocenters. The van der Waals surface area contributed by atoms with E-state index in [1.807, 2.05) is 12.1 Å². The lowest BCUT2D eigenvalue weighted by Crippen LogP contribution is -2.51. The van der Waals surface area contributed by atoms with Gasteiger partial charge in [0.1, 0.15) is 29.9 Å². The number of benzene rings is 3. The zero-order chi connectivity index (χ0) is 24.3. The lowest BCUT2D eigenvalue weighted by molar-refractivity contribution is -0.0186. The topological polar surface area (TPSA) is 80.0 Å². The number of amides is 1. The van der Waals surface area contributed by atoms with E-state index in [4.69, 9.17) is 11.6 Å². The average Bonchev–Trinajstić information content (AvgIpc) is 3.32. The summed E-state index contributed by atoms with van der Waals surface area (Å²) in [6.07, 6.45) is 2.63. The predicted molar refractivity (Wildman–Crippen MR) is 124 cm³/mol. The molecule has 0 aliphatic rings. The number of hydrogen-bond acceptors (Lipinski definition) is 4. The first-order chi connectivity index (χ1) is 16.3. The van der Waals surface area contributed by atoms with Gasteiger partial charge in [-0.05, 0) is 48.4 Å². The predicted octanol–water partition coefficient (Wildman–Crippen LogP) is 4.58. The second-order valence-electron chi connectivity index (χ2n) is 7.92. The second kappa shape index (κ2) is 9.70. The summed E-state index contributed by atoms with van der Waals surface area (Å²) in [4.78, 5) is 16.8. The Kier molecular flexibility index (Phi) is 6.72. The van der Waals surface area contributed by atoms with E-state index in [1.54, 1.807) is 43.3 Å². The van der Waals surface area contributed by atoms with Crippen LogP contribution in [0.2, 0.25) is 5.02 Å². The number of rotatable bonds is 7. The number of nitrogens with zero attached hydrogens (tertiary/aromatic N) is 3. The smallest absolute Gasteiger partial charge is 0.251 e. The molecule has 1 aromatic heterocycles. The van der Waals surface area contributed by atoms with Gasteiger partial charge in [0.05, 0.1) is 12.6 Å². The van der Waals surface area contributed by atoms with Crippen molar-refractivity contribution in [1.29, 1.82) is 0 Å². The molecule has 0 radical (unpaired) electrons. The van der Waals surface area contributed by atoms with E-state index < -0.39 is 29.2 Å². The molecule has 0 aliphatic heterocycles. The maximum atomic E-state index is 14.7. The molecule has 2 unspecified atom stereocenters. The van der Waals surface area contributed by atoms with Gasteiger partial charge in [-0.15, -0.1) is 0 Å². The van der Waals surface area contributed by atoms with Gasteiger partial charge in [0.25, 0.3) is 5.91 Å². The zero-order valence-corrected chi connectivity index (χ0v) is 18.9. The number of nitrogens with one attached hydrogen (secondary N) is 1. The maximum Gasteiger partial charge on any atom is 0.251 e. The van der Waals surface area contributed by atoms with Crippen LogP contribution in [-0.2, 0) is 12.1 Å². The minimum atomic E-state index is -1.94. The summed E-state index contributed by atoms with van der Waals surface area (Å²) in [5.74, 6) is -2.17. The first kappa shape index (κ1) is 23.5. The fraction of sp³-hybridized carbons (Fsp3) is 0.160. The van der Waals surface area contributed by atoms with Gasteiger partial charge in [0, 0.05) is 22.2 Å². The molecule has 3 aromatic carbocycles. The molecule has 2 N–H and O–H groups in total. The highest BCUT2D eigenvalue weighted by Gasteiger charge is 2.40. The van der Waals surface area contributed by atoms with Crippen molar-refractivity contribution in [2.24, 2.45) is 0 Å². The monoisotopic (exact) mass is 482 g/mol. The van der Waals surface area contributed by atoms with Crippen molar-refractivity contribution in [3.05, 3.63) is 107 Å². The summed E-state index contributed by atoms with van der Waals surface area (Å²) >= 11 is 5.93. The van der Waals surface area contributed by atoms with E-state index in [2.05, 4.69) is 15.4 Å². The van der Waals surface area contributed by atoms with Gasteiger partial charge in [-0.1, -0.05) is 41.9 Å². The molecule has 0 aliphatic carbocycles. The normalized spacial score (nSPS) is 13.8. The van der Waals surface area contributed by atoms with Crippen LogP contribution in [0, 0.1) is 11.6 Å². The van der Waals surface area contributed by atoms with Crippen LogP contribution < -0.4 is 5.32 Å². The molecule has 9 heteroatoms. The van der Waals surface area contributed by atoms with Gasteiger partial charge in [0.15, 0.2) is 0 Å². The second-order valence-corrected chi connectivity index (χ2v) is 8.36. The quantitative estimate of drug-likeness (QED) is 0.404. The third-order valence-electron chi connectivity index (χ3n) is 5.66. The van der Waals surface area contributed by atoms with Crippen LogP contribution in [0.25, 0.3) is 11.1 Å². The summed E-state index contributed by atoms with van der Waals surface area (Å²) in [6, 6.07) is 16.1. The van der Waals surface area contributed by atoms with Crippen molar-refractivity contribution in [1.82, 2.24) is 20.1 Å². The van der Waals surface area contributed by atoms with Crippen LogP contribution in [0.4, 0.5) is 8.78 Å². The van der Waals surface area contributed by atoms with Gasteiger partial charge in [-0.25, -0.2) is 18.4 Å². The summed E-state index contributed by atoms with van der Waals surface area (Å²) in [5, 5.41) is 18.9. The van der Waals surface area contributed by atoms with Gasteiger partial charge in [-0.2, -0.15) is 5.10 Å². The summed E-state index contributed by atoms with van der Waals surface area (Å²) in [5.41, 5.74) is 0.0864. The summed E-state index contributed by atoms with van der Waals surface area (Å²) < 4.78 is 29.5. The van der Waals surface area contributed by atoms with E-state index in [0.717, 1.165) is 23.3 Å². The lowest BCUT2D eigenvalue weighted by Gasteiger charge is -2.35. The first-order valence-corrected chi connectivity index (χ1v) is 10.8. The molecule has 6 nitrogen and oxygen atoms in total. The van der Waals surface area contributed by atoms with Crippen LogP contribution >= 0.6 is 11.6 Å². The van der Waals surface area contributed by atoms with Crippen LogP contribution in [-0.4, -0.2) is 31.8 Å². The molecule has 0 bridgehead atoms. The maximum absolute atomic E-state index is 14.7. The van der Waals surface area contributed by atoms with E-state index in [-0.39, 0.29) is 12.1 Å². The molecule has 1 heterocycles. The summed E-state index contributed by atoms with van der Waals surface area (Å²) in [7, 11) is 0. The number of hydrogen-bond donors (Lipinski definition) is 2. The van der Waals surface area contributed by atoms with Crippen molar-refractivity contribution >= 4 is 17.5 Å². The highest BCUT2D eigenvalue weighted by Crippen LogP contribution is 2.30. The van der Waals surface area contributed by atoms with Gasteiger partial charge < -0.3 is 10.4 Å². The Morgan fingerprint density at radius 3 is 2.32 bits per heavy atom. The fourth-order valence-electron chi connectivity index (χ4n) is 3.71. The Morgan fingerprint density at radius 1 is 1.09 bits per heavy atom. The highest BCUT2D eigenvalue weighted by atomic mass is 35.5. The van der Waals surface area contributed by atoms with Gasteiger partial charge >= 0.3 is 0 Å². The molecular weight excluding hydrogens is 462 g/mol. The van der Waals surface area contributed by atoms with Crippen LogP contribution in [0.5, 0.6) is 0 Å². The standard InChI is InChI=1S/C25H21ClF2N4O2/c1-16(25(34,13-32-15-29-14-30-32)22-11-10-21(27)12-23(22)28)31-24(33)19-4-2-17(3-5-19)18-6-8-20(26)9-7-18/h2-12,14-16,34H,13H2,1H3,(H,31,33). The largest absolute Gasteiger partial charge is 0.381 e. The van der Waals surface area contributed by atoms with E-state index in [1.165, 1.54) is 17.3 Å². The molecular formula is C25H21ClF2N4O2. The average molecular weight is 483 g/mol. The first-order valence-electron chi connectivity index (χ1n) is 10.4. The SMILES string of the molecule is CC(NC(=O)c1ccc(-c2ccc(Cl)cc2)cc1)C(O)(Cn1cncn1)c1ccc(F)cc1F. The van der Waals surface area contributed by atoms with E-state index in [0.29, 0.717) is 16.7 Å². The third kappa shape index (κ3) is 4.98. The number of aromatic nitrogens is 3. The molecule has 4 aromatic rings. The Labute approximate surface area is 199 Å². The molecule has 0 fully saturated rings. The van der Waals surface area contributed by atoms with Crippen LogP contribution in [0.3, 0.4) is 0 Å². The number of carbonyl (C=O) groups excluding carboxylic acids is 1. The Balaban J connectivity index is 1.57. The van der Waals surface area contributed by atoms with Crippen molar-refractivity contribution in [3.8, 4) is 11.1 Å².